The summed E-state index contributed by atoms with van der Waals surface area (Å²) in [6.07, 6.45) is 2.87. The zero-order chi connectivity index (χ0) is 21.7. The molecule has 0 radical (unpaired) electrons. The second-order valence-electron chi connectivity index (χ2n) is 9.36. The Morgan fingerprint density at radius 3 is 2.62 bits per heavy atom. The molecular weight excluding hydrogens is 452 g/mol. The molecule has 2 rings (SSSR count). The number of pyridine rings is 1. The van der Waals surface area contributed by atoms with Crippen molar-refractivity contribution in [2.24, 2.45) is 0 Å². The van der Waals surface area contributed by atoms with E-state index in [0.29, 0.717) is 32.1 Å². The van der Waals surface area contributed by atoms with Crippen molar-refractivity contribution < 1.29 is 19.0 Å². The third-order valence-corrected chi connectivity index (χ3v) is 6.34. The Bertz CT molecular complexity index is 824. The molecule has 2 heterocycles. The van der Waals surface area contributed by atoms with Gasteiger partial charge in [-0.05, 0) is 61.3 Å². The maximum atomic E-state index is 11.8. The molecule has 0 bridgehead atoms. The third-order valence-electron chi connectivity index (χ3n) is 4.07. The lowest BCUT2D eigenvalue weighted by Gasteiger charge is -2.19. The molecule has 2 aromatic heterocycles. The van der Waals surface area contributed by atoms with E-state index in [2.05, 4.69) is 40.6 Å². The minimum absolute atomic E-state index is 0.215. The van der Waals surface area contributed by atoms with Crippen molar-refractivity contribution >= 4 is 41.0 Å². The van der Waals surface area contributed by atoms with E-state index in [1.54, 1.807) is 0 Å². The van der Waals surface area contributed by atoms with Crippen LogP contribution >= 0.6 is 15.9 Å². The lowest BCUT2D eigenvalue weighted by molar-refractivity contribution is -0.155. The number of fused-ring (bicyclic) bond motifs is 1. The summed E-state index contributed by atoms with van der Waals surface area (Å²) in [6.45, 7) is 14.2. The Morgan fingerprint density at radius 1 is 1.24 bits per heavy atom. The molecule has 0 N–H and O–H groups in total. The van der Waals surface area contributed by atoms with Gasteiger partial charge < -0.3 is 18.8 Å². The number of ether oxygens (including phenoxy) is 3. The van der Waals surface area contributed by atoms with Crippen molar-refractivity contribution in [3.63, 3.8) is 0 Å². The van der Waals surface area contributed by atoms with E-state index in [-0.39, 0.29) is 5.97 Å². The predicted molar refractivity (Wildman–Crippen MR) is 122 cm³/mol. The number of carbonyl (C=O) groups excluding carboxylic acids is 1. The molecule has 162 valence electrons. The fourth-order valence-corrected chi connectivity index (χ4v) is 3.80. The number of hydrogen-bond acceptors (Lipinski definition) is 5. The van der Waals surface area contributed by atoms with Crippen molar-refractivity contribution in [3.05, 3.63) is 22.8 Å². The number of rotatable bonds is 10. The van der Waals surface area contributed by atoms with Crippen LogP contribution in [0.5, 0.6) is 5.88 Å². The largest absolute Gasteiger partial charge is 0.477 e. The summed E-state index contributed by atoms with van der Waals surface area (Å²) in [4.78, 5) is 16.4. The summed E-state index contributed by atoms with van der Waals surface area (Å²) in [7, 11) is -1.10. The van der Waals surface area contributed by atoms with Crippen LogP contribution in [0.3, 0.4) is 0 Å². The van der Waals surface area contributed by atoms with Crippen molar-refractivity contribution in [1.29, 1.82) is 0 Å². The van der Waals surface area contributed by atoms with Gasteiger partial charge in [-0.2, -0.15) is 4.98 Å². The molecule has 6 nitrogen and oxygen atoms in total. The van der Waals surface area contributed by atoms with E-state index >= 15 is 0 Å². The Hall–Kier alpha value is -1.38. The Morgan fingerprint density at radius 2 is 1.97 bits per heavy atom. The van der Waals surface area contributed by atoms with Crippen LogP contribution in [0.15, 0.2) is 22.8 Å². The van der Waals surface area contributed by atoms with E-state index in [1.165, 1.54) is 0 Å². The molecule has 0 unspecified atom stereocenters. The Labute approximate surface area is 183 Å². The minimum atomic E-state index is -1.10. The van der Waals surface area contributed by atoms with Crippen LogP contribution in [0.2, 0.25) is 25.7 Å². The summed E-state index contributed by atoms with van der Waals surface area (Å²) < 4.78 is 19.7. The first kappa shape index (κ1) is 23.9. The molecular formula is C21H33BrN2O4Si. The van der Waals surface area contributed by atoms with Gasteiger partial charge in [0.1, 0.15) is 18.0 Å². The number of halogens is 1. The summed E-state index contributed by atoms with van der Waals surface area (Å²) in [6, 6.07) is 5.14. The lowest BCUT2D eigenvalue weighted by atomic mass is 10.2. The maximum absolute atomic E-state index is 11.8. The quantitative estimate of drug-likeness (QED) is 0.249. The van der Waals surface area contributed by atoms with Crippen molar-refractivity contribution in [2.75, 3.05) is 13.2 Å². The van der Waals surface area contributed by atoms with Crippen LogP contribution < -0.4 is 4.74 Å². The Kier molecular flexibility index (Phi) is 8.31. The fraction of sp³-hybridized carbons (Fsp3) is 0.619. The molecule has 0 saturated heterocycles. The second kappa shape index (κ2) is 10.1. The van der Waals surface area contributed by atoms with E-state index in [0.717, 1.165) is 28.2 Å². The van der Waals surface area contributed by atoms with Gasteiger partial charge in [-0.1, -0.05) is 19.6 Å². The molecule has 8 heteroatoms. The zero-order valence-corrected chi connectivity index (χ0v) is 21.0. The highest BCUT2D eigenvalue weighted by Crippen LogP contribution is 2.28. The van der Waals surface area contributed by atoms with Gasteiger partial charge >= 0.3 is 5.97 Å². The average Bonchev–Trinajstić information content (AvgIpc) is 2.95. The van der Waals surface area contributed by atoms with E-state index < -0.39 is 13.7 Å². The highest BCUT2D eigenvalue weighted by atomic mass is 79.9. The fourth-order valence-electron chi connectivity index (χ4n) is 2.60. The standard InChI is InChI=1S/C21H33BrN2O4Si/c1-21(2,3)28-18(25)8-7-11-27-20-17(22)14-16-9-10-24(19(16)23-20)15-26-12-13-29(4,5)6/h9-10,14H,7-8,11-13,15H2,1-6H3. The highest BCUT2D eigenvalue weighted by molar-refractivity contribution is 9.10. The highest BCUT2D eigenvalue weighted by Gasteiger charge is 2.16. The summed E-state index contributed by atoms with van der Waals surface area (Å²) in [5.74, 6) is 0.302. The van der Waals surface area contributed by atoms with E-state index in [9.17, 15) is 4.79 Å². The molecule has 0 spiro atoms. The van der Waals surface area contributed by atoms with E-state index in [1.807, 2.05) is 43.7 Å². The molecule has 0 amide bonds. The average molecular weight is 485 g/mol. The van der Waals surface area contributed by atoms with Gasteiger partial charge in [-0.3, -0.25) is 4.79 Å². The maximum Gasteiger partial charge on any atom is 0.306 e. The number of hydrogen-bond donors (Lipinski definition) is 0. The van der Waals surface area contributed by atoms with Gasteiger partial charge in [0.05, 0.1) is 11.1 Å². The van der Waals surface area contributed by atoms with Gasteiger partial charge in [0.2, 0.25) is 5.88 Å². The van der Waals surface area contributed by atoms with Gasteiger partial charge in [-0.15, -0.1) is 0 Å². The SMILES string of the molecule is CC(C)(C)OC(=O)CCCOc1nc2c(ccn2COCC[Si](C)(C)C)cc1Br. The first-order chi connectivity index (χ1) is 13.4. The topological polar surface area (TPSA) is 62.6 Å². The normalized spacial score (nSPS) is 12.4. The molecule has 0 aromatic carbocycles. The number of carbonyl (C=O) groups is 1. The van der Waals surface area contributed by atoms with Gasteiger partial charge in [-0.25, -0.2) is 0 Å². The molecule has 0 aliphatic rings. The monoisotopic (exact) mass is 484 g/mol. The number of esters is 1. The molecule has 2 aromatic rings. The number of aromatic nitrogens is 2. The van der Waals surface area contributed by atoms with Crippen LogP contribution in [0.4, 0.5) is 0 Å². The van der Waals surface area contributed by atoms with Gasteiger partial charge in [0, 0.05) is 32.7 Å². The van der Waals surface area contributed by atoms with Crippen LogP contribution in [0.25, 0.3) is 11.0 Å². The number of nitrogens with zero attached hydrogens (tertiary/aromatic N) is 2. The third kappa shape index (κ3) is 8.48. The van der Waals surface area contributed by atoms with Crippen molar-refractivity contribution in [3.8, 4) is 5.88 Å². The molecule has 0 aliphatic carbocycles. The zero-order valence-electron chi connectivity index (χ0n) is 18.4. The first-order valence-corrected chi connectivity index (χ1v) is 14.5. The molecule has 29 heavy (non-hydrogen) atoms. The van der Waals surface area contributed by atoms with Gasteiger partial charge in [0.15, 0.2) is 0 Å². The van der Waals surface area contributed by atoms with Crippen LogP contribution in [-0.2, 0) is 21.0 Å². The molecule has 0 fully saturated rings. The van der Waals surface area contributed by atoms with Crippen molar-refractivity contribution in [1.82, 2.24) is 9.55 Å². The Balaban J connectivity index is 1.91. The van der Waals surface area contributed by atoms with E-state index in [4.69, 9.17) is 14.2 Å². The van der Waals surface area contributed by atoms with Crippen LogP contribution in [0.1, 0.15) is 33.6 Å². The van der Waals surface area contributed by atoms with Crippen LogP contribution in [0, 0.1) is 0 Å². The summed E-state index contributed by atoms with van der Waals surface area (Å²) in [5, 5.41) is 1.02. The molecule has 0 aliphatic heterocycles. The molecule has 0 saturated carbocycles. The molecule has 0 atom stereocenters. The summed E-state index contributed by atoms with van der Waals surface area (Å²) in [5.41, 5.74) is 0.360. The predicted octanol–water partition coefficient (Wildman–Crippen LogP) is 5.61. The van der Waals surface area contributed by atoms with Crippen molar-refractivity contribution in [2.45, 2.75) is 71.6 Å². The van der Waals surface area contributed by atoms with Crippen LogP contribution in [-0.4, -0.2) is 42.4 Å². The summed E-state index contributed by atoms with van der Waals surface area (Å²) >= 11 is 3.52. The smallest absolute Gasteiger partial charge is 0.306 e. The second-order valence-corrected chi connectivity index (χ2v) is 15.8. The minimum Gasteiger partial charge on any atom is -0.477 e. The lowest BCUT2D eigenvalue weighted by Crippen LogP contribution is -2.24. The first-order valence-electron chi connectivity index (χ1n) is 10.0. The van der Waals surface area contributed by atoms with Gasteiger partial charge in [0.25, 0.3) is 0 Å².